The van der Waals surface area contributed by atoms with Gasteiger partial charge in [-0.2, -0.15) is 9.40 Å². The molecule has 0 saturated carbocycles. The van der Waals surface area contributed by atoms with E-state index in [0.717, 1.165) is 6.20 Å². The first-order valence-electron chi connectivity index (χ1n) is 5.40. The summed E-state index contributed by atoms with van der Waals surface area (Å²) in [5, 5.41) is 8.81. The van der Waals surface area contributed by atoms with Crippen LogP contribution in [-0.2, 0) is 14.8 Å². The van der Waals surface area contributed by atoms with Gasteiger partial charge in [0.05, 0.1) is 13.3 Å². The normalized spacial score (nSPS) is 17.6. The molecule has 1 aromatic rings. The zero-order valence-electron chi connectivity index (χ0n) is 9.84. The highest BCUT2D eigenvalue weighted by molar-refractivity contribution is 7.89. The molecule has 0 aromatic carbocycles. The number of esters is 1. The molecule has 0 spiro atoms. The third-order valence-electron chi connectivity index (χ3n) is 2.68. The molecule has 1 aliphatic heterocycles. The van der Waals surface area contributed by atoms with Gasteiger partial charge in [0, 0.05) is 26.2 Å². The number of aromatic nitrogens is 2. The number of ether oxygens (including phenoxy) is 1. The molecule has 2 heterocycles. The average Bonchev–Trinajstić information content (AvgIpc) is 2.89. The van der Waals surface area contributed by atoms with Crippen molar-refractivity contribution in [3.05, 3.63) is 11.8 Å². The van der Waals surface area contributed by atoms with Gasteiger partial charge in [0.2, 0.25) is 0 Å². The third-order valence-corrected chi connectivity index (χ3v) is 4.56. The van der Waals surface area contributed by atoms with Crippen LogP contribution in [0, 0.1) is 0 Å². The highest BCUT2D eigenvalue weighted by Gasteiger charge is 2.32. The second-order valence-electron chi connectivity index (χ2n) is 3.76. The molecular formula is C9H14N4O4S. The van der Waals surface area contributed by atoms with Crippen LogP contribution in [0.5, 0.6) is 0 Å². The van der Waals surface area contributed by atoms with Crippen molar-refractivity contribution in [2.75, 3.05) is 33.3 Å². The molecule has 2 N–H and O–H groups in total. The summed E-state index contributed by atoms with van der Waals surface area (Å²) in [6.07, 6.45) is 1.15. The summed E-state index contributed by atoms with van der Waals surface area (Å²) in [6.45, 7) is 1.89. The van der Waals surface area contributed by atoms with Gasteiger partial charge in [-0.05, 0) is 0 Å². The second-order valence-corrected chi connectivity index (χ2v) is 5.63. The van der Waals surface area contributed by atoms with Gasteiger partial charge in [0.15, 0.2) is 5.03 Å². The van der Waals surface area contributed by atoms with Gasteiger partial charge in [-0.1, -0.05) is 0 Å². The van der Waals surface area contributed by atoms with Crippen LogP contribution in [0.4, 0.5) is 0 Å². The van der Waals surface area contributed by atoms with E-state index in [1.165, 1.54) is 11.4 Å². The number of rotatable bonds is 3. The highest BCUT2D eigenvalue weighted by Crippen LogP contribution is 2.18. The molecule has 0 unspecified atom stereocenters. The lowest BCUT2D eigenvalue weighted by molar-refractivity contribution is 0.0596. The Morgan fingerprint density at radius 1 is 1.44 bits per heavy atom. The summed E-state index contributed by atoms with van der Waals surface area (Å²) in [6, 6.07) is 0. The van der Waals surface area contributed by atoms with E-state index < -0.39 is 16.0 Å². The second kappa shape index (κ2) is 5.04. The molecule has 0 atom stereocenters. The molecule has 0 bridgehead atoms. The Morgan fingerprint density at radius 3 is 2.72 bits per heavy atom. The third kappa shape index (κ3) is 2.24. The highest BCUT2D eigenvalue weighted by atomic mass is 32.2. The molecule has 100 valence electrons. The zero-order valence-corrected chi connectivity index (χ0v) is 10.7. The smallest absolute Gasteiger partial charge is 0.342 e. The minimum atomic E-state index is -3.73. The van der Waals surface area contributed by atoms with E-state index in [2.05, 4.69) is 20.3 Å². The van der Waals surface area contributed by atoms with Gasteiger partial charge in [-0.15, -0.1) is 0 Å². The monoisotopic (exact) mass is 274 g/mol. The molecule has 0 aliphatic carbocycles. The van der Waals surface area contributed by atoms with Crippen molar-refractivity contribution in [3.8, 4) is 0 Å². The minimum Gasteiger partial charge on any atom is -0.465 e. The van der Waals surface area contributed by atoms with Crippen molar-refractivity contribution in [1.82, 2.24) is 19.8 Å². The number of nitrogens with one attached hydrogen (secondary N) is 2. The molecule has 0 amide bonds. The number of nitrogens with zero attached hydrogens (tertiary/aromatic N) is 2. The average molecular weight is 274 g/mol. The maximum Gasteiger partial charge on any atom is 0.342 e. The van der Waals surface area contributed by atoms with Gasteiger partial charge in [0.1, 0.15) is 5.56 Å². The lowest BCUT2D eigenvalue weighted by Gasteiger charge is -2.26. The van der Waals surface area contributed by atoms with Crippen LogP contribution >= 0.6 is 0 Å². The maximum atomic E-state index is 12.3. The van der Waals surface area contributed by atoms with E-state index in [4.69, 9.17) is 0 Å². The summed E-state index contributed by atoms with van der Waals surface area (Å²) in [7, 11) is -2.54. The topological polar surface area (TPSA) is 104 Å². The first-order valence-corrected chi connectivity index (χ1v) is 6.84. The van der Waals surface area contributed by atoms with Crippen LogP contribution in [0.25, 0.3) is 0 Å². The van der Waals surface area contributed by atoms with Crippen molar-refractivity contribution in [3.63, 3.8) is 0 Å². The number of piperazine rings is 1. The molecule has 1 saturated heterocycles. The molecule has 18 heavy (non-hydrogen) atoms. The van der Waals surface area contributed by atoms with E-state index in [0.29, 0.717) is 26.2 Å². The van der Waals surface area contributed by atoms with Crippen molar-refractivity contribution >= 4 is 16.0 Å². The van der Waals surface area contributed by atoms with E-state index >= 15 is 0 Å². The lowest BCUT2D eigenvalue weighted by atomic mass is 10.4. The van der Waals surface area contributed by atoms with Crippen molar-refractivity contribution in [1.29, 1.82) is 0 Å². The number of sulfonamides is 1. The molecule has 0 radical (unpaired) electrons. The minimum absolute atomic E-state index is 0.0731. The molecule has 8 nitrogen and oxygen atoms in total. The summed E-state index contributed by atoms with van der Waals surface area (Å²) in [4.78, 5) is 11.4. The Balaban J connectivity index is 2.35. The van der Waals surface area contributed by atoms with Crippen LogP contribution in [-0.4, -0.2) is 62.2 Å². The van der Waals surface area contributed by atoms with Gasteiger partial charge in [-0.25, -0.2) is 13.2 Å². The standard InChI is InChI=1S/C9H14N4O4S/c1-17-9(14)7-6-11-12-8(7)18(15,16)13-4-2-10-3-5-13/h6,10H,2-5H2,1H3,(H,11,12). The number of methoxy groups -OCH3 is 1. The Hall–Kier alpha value is -1.45. The number of carbonyl (C=O) groups is 1. The molecule has 1 fully saturated rings. The van der Waals surface area contributed by atoms with Crippen molar-refractivity contribution in [2.45, 2.75) is 5.03 Å². The fourth-order valence-electron chi connectivity index (χ4n) is 1.74. The van der Waals surface area contributed by atoms with Gasteiger partial charge in [-0.3, -0.25) is 5.10 Å². The largest absolute Gasteiger partial charge is 0.465 e. The van der Waals surface area contributed by atoms with Crippen molar-refractivity contribution < 1.29 is 17.9 Å². The first kappa shape index (κ1) is 13.0. The van der Waals surface area contributed by atoms with E-state index in [1.807, 2.05) is 0 Å². The predicted octanol–water partition coefficient (Wildman–Crippen LogP) is -1.21. The molecule has 1 aromatic heterocycles. The Morgan fingerprint density at radius 2 is 2.11 bits per heavy atom. The molecule has 1 aliphatic rings. The lowest BCUT2D eigenvalue weighted by Crippen LogP contribution is -2.46. The van der Waals surface area contributed by atoms with Gasteiger partial charge < -0.3 is 10.1 Å². The number of hydrogen-bond acceptors (Lipinski definition) is 6. The summed E-state index contributed by atoms with van der Waals surface area (Å²) in [5.41, 5.74) is -0.0731. The quantitative estimate of drug-likeness (QED) is 0.670. The van der Waals surface area contributed by atoms with E-state index in [1.54, 1.807) is 0 Å². The van der Waals surface area contributed by atoms with Gasteiger partial charge in [0.25, 0.3) is 10.0 Å². The summed E-state index contributed by atoms with van der Waals surface area (Å²) >= 11 is 0. The van der Waals surface area contributed by atoms with E-state index in [-0.39, 0.29) is 10.6 Å². The van der Waals surface area contributed by atoms with Crippen LogP contribution in [0.3, 0.4) is 0 Å². The fourth-order valence-corrected chi connectivity index (χ4v) is 3.24. The van der Waals surface area contributed by atoms with Crippen LogP contribution in [0.1, 0.15) is 10.4 Å². The Labute approximate surface area is 104 Å². The van der Waals surface area contributed by atoms with Crippen LogP contribution < -0.4 is 5.32 Å². The molecular weight excluding hydrogens is 260 g/mol. The number of carbonyl (C=O) groups excluding carboxylic acids is 1. The number of hydrogen-bond donors (Lipinski definition) is 2. The predicted molar refractivity (Wildman–Crippen MR) is 61.6 cm³/mol. The zero-order chi connectivity index (χ0) is 13.2. The SMILES string of the molecule is COC(=O)c1cn[nH]c1S(=O)(=O)N1CCNCC1. The summed E-state index contributed by atoms with van der Waals surface area (Å²) < 4.78 is 30.4. The maximum absolute atomic E-state index is 12.3. The van der Waals surface area contributed by atoms with Gasteiger partial charge >= 0.3 is 5.97 Å². The number of aromatic amines is 1. The molecule has 9 heteroatoms. The van der Waals surface area contributed by atoms with E-state index in [9.17, 15) is 13.2 Å². The van der Waals surface area contributed by atoms with Crippen molar-refractivity contribution in [2.24, 2.45) is 0 Å². The Kier molecular flexibility index (Phi) is 3.64. The van der Waals surface area contributed by atoms with Crippen LogP contribution in [0.2, 0.25) is 0 Å². The summed E-state index contributed by atoms with van der Waals surface area (Å²) in [5.74, 6) is -0.725. The fraction of sp³-hybridized carbons (Fsp3) is 0.556. The Bertz CT molecular complexity index is 533. The molecule has 2 rings (SSSR count). The van der Waals surface area contributed by atoms with Crippen LogP contribution in [0.15, 0.2) is 11.2 Å². The first-order chi connectivity index (χ1) is 8.57. The number of H-pyrrole nitrogens is 1.